The van der Waals surface area contributed by atoms with Crippen molar-refractivity contribution in [3.63, 3.8) is 0 Å². The molecule has 0 bridgehead atoms. The molecule has 3 rings (SSSR count). The summed E-state index contributed by atoms with van der Waals surface area (Å²) < 4.78 is 12.0. The molecule has 0 radical (unpaired) electrons. The molecule has 27 heavy (non-hydrogen) atoms. The van der Waals surface area contributed by atoms with Gasteiger partial charge in [-0.3, -0.25) is 4.79 Å². The minimum Gasteiger partial charge on any atom is -0.462 e. The molecule has 0 amide bonds. The van der Waals surface area contributed by atoms with Crippen LogP contribution in [-0.2, 0) is 14.3 Å². The van der Waals surface area contributed by atoms with E-state index < -0.39 is 5.92 Å². The van der Waals surface area contributed by atoms with Crippen LogP contribution in [0, 0.1) is 11.8 Å². The van der Waals surface area contributed by atoms with E-state index in [0.717, 1.165) is 50.5 Å². The van der Waals surface area contributed by atoms with Gasteiger partial charge in [-0.2, -0.15) is 0 Å². The van der Waals surface area contributed by atoms with Crippen LogP contribution in [0.15, 0.2) is 30.3 Å². The molecule has 1 saturated carbocycles. The number of carbonyl (C=O) groups is 1. The summed E-state index contributed by atoms with van der Waals surface area (Å²) in [4.78, 5) is 12.8. The van der Waals surface area contributed by atoms with Crippen LogP contribution in [0.3, 0.4) is 0 Å². The summed E-state index contributed by atoms with van der Waals surface area (Å²) in [7, 11) is 0. The van der Waals surface area contributed by atoms with Crippen LogP contribution in [-0.4, -0.2) is 36.0 Å². The molecule has 1 aliphatic carbocycles. The van der Waals surface area contributed by atoms with Gasteiger partial charge >= 0.3 is 5.97 Å². The van der Waals surface area contributed by atoms with Gasteiger partial charge in [0.05, 0.1) is 18.8 Å². The van der Waals surface area contributed by atoms with Gasteiger partial charge in [-0.15, -0.1) is 0 Å². The Morgan fingerprint density at radius 1 is 1.22 bits per heavy atom. The molecule has 6 unspecified atom stereocenters. The van der Waals surface area contributed by atoms with Crippen LogP contribution < -0.4 is 0 Å². The maximum atomic E-state index is 12.8. The lowest BCUT2D eigenvalue weighted by Crippen LogP contribution is -2.28. The van der Waals surface area contributed by atoms with E-state index in [1.807, 2.05) is 30.3 Å². The second-order valence-electron chi connectivity index (χ2n) is 8.22. The SMILES string of the molecule is CCCC1CC(OC(=O)C(CO)c2ccccc2)CCC(CC)CC2OC12. The Labute approximate surface area is 163 Å². The highest BCUT2D eigenvalue weighted by atomic mass is 16.6. The maximum Gasteiger partial charge on any atom is 0.316 e. The number of esters is 1. The smallest absolute Gasteiger partial charge is 0.316 e. The van der Waals surface area contributed by atoms with E-state index in [1.165, 1.54) is 0 Å². The molecule has 1 aromatic carbocycles. The summed E-state index contributed by atoms with van der Waals surface area (Å²) in [6, 6.07) is 9.44. The number of aliphatic hydroxyl groups is 1. The molecule has 150 valence electrons. The fourth-order valence-electron chi connectivity index (χ4n) is 4.60. The van der Waals surface area contributed by atoms with Crippen LogP contribution in [0.5, 0.6) is 0 Å². The predicted octanol–water partition coefficient (Wildman–Crippen LogP) is 4.46. The third-order valence-corrected chi connectivity index (χ3v) is 6.30. The van der Waals surface area contributed by atoms with Gasteiger partial charge in [-0.05, 0) is 49.5 Å². The van der Waals surface area contributed by atoms with Crippen LogP contribution >= 0.6 is 0 Å². The van der Waals surface area contributed by atoms with Crippen molar-refractivity contribution in [2.45, 2.75) is 83.0 Å². The summed E-state index contributed by atoms with van der Waals surface area (Å²) in [6.07, 6.45) is 8.09. The van der Waals surface area contributed by atoms with Crippen molar-refractivity contribution in [1.82, 2.24) is 0 Å². The molecule has 1 aliphatic heterocycles. The molecule has 0 aromatic heterocycles. The fraction of sp³-hybridized carbons (Fsp3) is 0.696. The van der Waals surface area contributed by atoms with Crippen LogP contribution in [0.4, 0.5) is 0 Å². The summed E-state index contributed by atoms with van der Waals surface area (Å²) in [5, 5.41) is 9.77. The number of benzene rings is 1. The van der Waals surface area contributed by atoms with E-state index in [-0.39, 0.29) is 18.7 Å². The van der Waals surface area contributed by atoms with Gasteiger partial charge in [-0.25, -0.2) is 0 Å². The Balaban J connectivity index is 1.69. The van der Waals surface area contributed by atoms with Gasteiger partial charge in [0.1, 0.15) is 12.0 Å². The zero-order valence-electron chi connectivity index (χ0n) is 16.7. The van der Waals surface area contributed by atoms with Crippen molar-refractivity contribution >= 4 is 5.97 Å². The molecule has 2 aliphatic rings. The van der Waals surface area contributed by atoms with E-state index in [0.29, 0.717) is 24.0 Å². The molecule has 2 fully saturated rings. The Bertz CT molecular complexity index is 587. The normalized spacial score (nSPS) is 31.7. The summed E-state index contributed by atoms with van der Waals surface area (Å²) in [6.45, 7) is 4.22. The predicted molar refractivity (Wildman–Crippen MR) is 105 cm³/mol. The Hall–Kier alpha value is -1.39. The minimum absolute atomic E-state index is 0.0798. The van der Waals surface area contributed by atoms with Crippen molar-refractivity contribution in [2.24, 2.45) is 11.8 Å². The summed E-state index contributed by atoms with van der Waals surface area (Å²) >= 11 is 0. The van der Waals surface area contributed by atoms with Gasteiger partial charge in [0.25, 0.3) is 0 Å². The Kier molecular flexibility index (Phi) is 7.31. The second kappa shape index (κ2) is 9.70. The number of rotatable bonds is 7. The largest absolute Gasteiger partial charge is 0.462 e. The second-order valence-corrected chi connectivity index (χ2v) is 8.22. The first-order chi connectivity index (χ1) is 13.2. The molecule has 1 aromatic rings. The zero-order valence-corrected chi connectivity index (χ0v) is 16.7. The first-order valence-electron chi connectivity index (χ1n) is 10.7. The van der Waals surface area contributed by atoms with Crippen molar-refractivity contribution in [3.8, 4) is 0 Å². The van der Waals surface area contributed by atoms with E-state index in [2.05, 4.69) is 13.8 Å². The van der Waals surface area contributed by atoms with Gasteiger partial charge in [-0.1, -0.05) is 57.0 Å². The van der Waals surface area contributed by atoms with E-state index >= 15 is 0 Å². The first-order valence-corrected chi connectivity index (χ1v) is 10.7. The van der Waals surface area contributed by atoms with Crippen LogP contribution in [0.1, 0.15) is 70.3 Å². The zero-order chi connectivity index (χ0) is 19.2. The van der Waals surface area contributed by atoms with E-state index in [4.69, 9.17) is 9.47 Å². The third kappa shape index (κ3) is 5.32. The lowest BCUT2D eigenvalue weighted by Gasteiger charge is -2.25. The molecule has 6 atom stereocenters. The van der Waals surface area contributed by atoms with Crippen molar-refractivity contribution in [3.05, 3.63) is 35.9 Å². The number of hydrogen-bond acceptors (Lipinski definition) is 4. The lowest BCUT2D eigenvalue weighted by molar-refractivity contribution is -0.153. The van der Waals surface area contributed by atoms with E-state index in [1.54, 1.807) is 0 Å². The molecule has 0 spiro atoms. The van der Waals surface area contributed by atoms with Crippen molar-refractivity contribution < 1.29 is 19.4 Å². The third-order valence-electron chi connectivity index (χ3n) is 6.30. The molecule has 1 N–H and O–H groups in total. The number of aliphatic hydroxyl groups excluding tert-OH is 1. The molecule has 4 nitrogen and oxygen atoms in total. The van der Waals surface area contributed by atoms with Gasteiger partial charge < -0.3 is 14.6 Å². The highest BCUT2D eigenvalue weighted by Crippen LogP contribution is 2.42. The lowest BCUT2D eigenvalue weighted by atomic mass is 9.91. The highest BCUT2D eigenvalue weighted by Gasteiger charge is 2.46. The van der Waals surface area contributed by atoms with E-state index in [9.17, 15) is 9.90 Å². The quantitative estimate of drug-likeness (QED) is 0.565. The van der Waals surface area contributed by atoms with Crippen molar-refractivity contribution in [2.75, 3.05) is 6.61 Å². The molecular formula is C23H34O4. The van der Waals surface area contributed by atoms with Crippen LogP contribution in [0.25, 0.3) is 0 Å². The number of carbonyl (C=O) groups excluding carboxylic acids is 1. The number of epoxide rings is 1. The number of ether oxygens (including phenoxy) is 2. The Morgan fingerprint density at radius 3 is 2.67 bits per heavy atom. The standard InChI is InChI=1S/C23H34O4/c1-3-8-18-14-19(12-11-16(4-2)13-21-22(18)27-21)26-23(25)20(15-24)17-9-6-5-7-10-17/h5-7,9-10,16,18-22,24H,3-4,8,11-15H2,1-2H3. The number of hydrogen-bond donors (Lipinski definition) is 1. The highest BCUT2D eigenvalue weighted by molar-refractivity contribution is 5.78. The number of fused-ring (bicyclic) bond motifs is 1. The first kappa shape index (κ1) is 20.3. The molecular weight excluding hydrogens is 340 g/mol. The molecule has 1 saturated heterocycles. The monoisotopic (exact) mass is 374 g/mol. The topological polar surface area (TPSA) is 59.1 Å². The Morgan fingerprint density at radius 2 is 2.00 bits per heavy atom. The van der Waals surface area contributed by atoms with Crippen LogP contribution in [0.2, 0.25) is 0 Å². The maximum absolute atomic E-state index is 12.8. The summed E-state index contributed by atoms with van der Waals surface area (Å²) in [5.74, 6) is 0.210. The van der Waals surface area contributed by atoms with Crippen molar-refractivity contribution in [1.29, 1.82) is 0 Å². The minimum atomic E-state index is -0.602. The average molecular weight is 375 g/mol. The molecule has 1 heterocycles. The fourth-order valence-corrected chi connectivity index (χ4v) is 4.60. The summed E-state index contributed by atoms with van der Waals surface area (Å²) in [5.41, 5.74) is 0.815. The molecule has 4 heteroatoms. The average Bonchev–Trinajstić information content (AvgIpc) is 3.44. The van der Waals surface area contributed by atoms with Gasteiger partial charge in [0.15, 0.2) is 0 Å². The van der Waals surface area contributed by atoms with Gasteiger partial charge in [0, 0.05) is 0 Å². The van der Waals surface area contributed by atoms with Gasteiger partial charge in [0.2, 0.25) is 0 Å².